The number of hydrogen-bond acceptors (Lipinski definition) is 1. The van der Waals surface area contributed by atoms with Crippen molar-refractivity contribution in [3.63, 3.8) is 0 Å². The highest BCUT2D eigenvalue weighted by atomic mass is 79.9. The minimum atomic E-state index is -0.134. The molecule has 1 aromatic carbocycles. The summed E-state index contributed by atoms with van der Waals surface area (Å²) in [5.41, 5.74) is 1.23. The fourth-order valence-corrected chi connectivity index (χ4v) is 3.20. The Morgan fingerprint density at radius 2 is 1.95 bits per heavy atom. The Hall–Kier alpha value is -0.410. The Morgan fingerprint density at radius 1 is 1.32 bits per heavy atom. The molecular weight excluding hydrogens is 305 g/mol. The van der Waals surface area contributed by atoms with Crippen LogP contribution < -0.4 is 5.32 Å². The Balaban J connectivity index is 1.96. The van der Waals surface area contributed by atoms with Crippen molar-refractivity contribution in [1.29, 1.82) is 0 Å². The molecule has 1 atom stereocenters. The van der Waals surface area contributed by atoms with Crippen molar-refractivity contribution in [3.05, 3.63) is 34.1 Å². The molecule has 0 spiro atoms. The summed E-state index contributed by atoms with van der Waals surface area (Å²) in [4.78, 5) is 0. The predicted molar refractivity (Wildman–Crippen MR) is 81.7 cm³/mol. The molecule has 1 nitrogen and oxygen atoms in total. The molecular formula is C16H23BrFN. The van der Waals surface area contributed by atoms with E-state index in [1.54, 1.807) is 0 Å². The van der Waals surface area contributed by atoms with Crippen molar-refractivity contribution >= 4 is 15.9 Å². The van der Waals surface area contributed by atoms with E-state index < -0.39 is 0 Å². The highest BCUT2D eigenvalue weighted by Gasteiger charge is 2.27. The van der Waals surface area contributed by atoms with Gasteiger partial charge in [0.2, 0.25) is 0 Å². The summed E-state index contributed by atoms with van der Waals surface area (Å²) in [6.45, 7) is 6.72. The first kappa shape index (κ1) is 15.0. The second-order valence-electron chi connectivity index (χ2n) is 6.49. The standard InChI is InChI=1S/C16H23BrFN/c1-11(14-5-4-12(17)10-15(14)18)19-13-6-8-16(2,3)9-7-13/h4-5,10-11,13,19H,6-9H2,1-3H3. The van der Waals surface area contributed by atoms with Crippen LogP contribution in [0.1, 0.15) is 58.1 Å². The molecule has 0 amide bonds. The van der Waals surface area contributed by atoms with Gasteiger partial charge in [-0.1, -0.05) is 35.8 Å². The SMILES string of the molecule is CC(NC1CCC(C)(C)CC1)c1ccc(Br)cc1F. The van der Waals surface area contributed by atoms with Crippen molar-refractivity contribution in [2.45, 2.75) is 58.5 Å². The predicted octanol–water partition coefficient (Wildman–Crippen LogP) is 5.21. The molecule has 1 aliphatic rings. The lowest BCUT2D eigenvalue weighted by molar-refractivity contribution is 0.199. The molecule has 19 heavy (non-hydrogen) atoms. The first-order valence-corrected chi connectivity index (χ1v) is 7.88. The van der Waals surface area contributed by atoms with E-state index in [-0.39, 0.29) is 11.9 Å². The number of halogens is 2. The average molecular weight is 328 g/mol. The largest absolute Gasteiger partial charge is 0.307 e. The molecule has 0 bridgehead atoms. The van der Waals surface area contributed by atoms with E-state index >= 15 is 0 Å². The highest BCUT2D eigenvalue weighted by molar-refractivity contribution is 9.10. The van der Waals surface area contributed by atoms with Crippen molar-refractivity contribution in [2.75, 3.05) is 0 Å². The summed E-state index contributed by atoms with van der Waals surface area (Å²) in [7, 11) is 0. The molecule has 3 heteroatoms. The minimum absolute atomic E-state index is 0.0688. The third-order valence-electron chi connectivity index (χ3n) is 4.25. The van der Waals surface area contributed by atoms with E-state index in [1.807, 2.05) is 19.1 Å². The molecule has 1 aliphatic carbocycles. The fourth-order valence-electron chi connectivity index (χ4n) is 2.86. The van der Waals surface area contributed by atoms with Crippen LogP contribution in [0.15, 0.2) is 22.7 Å². The molecule has 1 aromatic rings. The van der Waals surface area contributed by atoms with Crippen LogP contribution in [0.25, 0.3) is 0 Å². The monoisotopic (exact) mass is 327 g/mol. The van der Waals surface area contributed by atoms with Gasteiger partial charge in [0.25, 0.3) is 0 Å². The van der Waals surface area contributed by atoms with Gasteiger partial charge in [-0.2, -0.15) is 0 Å². The minimum Gasteiger partial charge on any atom is -0.307 e. The zero-order valence-electron chi connectivity index (χ0n) is 12.0. The number of benzene rings is 1. The quantitative estimate of drug-likeness (QED) is 0.803. The molecule has 0 aromatic heterocycles. The lowest BCUT2D eigenvalue weighted by atomic mass is 9.75. The van der Waals surface area contributed by atoms with Crippen LogP contribution >= 0.6 is 15.9 Å². The van der Waals surface area contributed by atoms with Crippen LogP contribution in [-0.4, -0.2) is 6.04 Å². The summed E-state index contributed by atoms with van der Waals surface area (Å²) < 4.78 is 14.7. The van der Waals surface area contributed by atoms with Crippen LogP contribution in [0.4, 0.5) is 4.39 Å². The van der Waals surface area contributed by atoms with E-state index in [4.69, 9.17) is 0 Å². The van der Waals surface area contributed by atoms with Crippen LogP contribution in [0, 0.1) is 11.2 Å². The molecule has 1 N–H and O–H groups in total. The van der Waals surface area contributed by atoms with E-state index in [1.165, 1.54) is 31.7 Å². The first-order chi connectivity index (χ1) is 8.87. The maximum atomic E-state index is 13.9. The van der Waals surface area contributed by atoms with Gasteiger partial charge in [-0.05, 0) is 50.2 Å². The Bertz CT molecular complexity index is 434. The Morgan fingerprint density at radius 3 is 2.53 bits per heavy atom. The summed E-state index contributed by atoms with van der Waals surface area (Å²) >= 11 is 3.30. The van der Waals surface area contributed by atoms with Crippen LogP contribution in [0.5, 0.6) is 0 Å². The van der Waals surface area contributed by atoms with Crippen LogP contribution in [0.3, 0.4) is 0 Å². The van der Waals surface area contributed by atoms with Gasteiger partial charge in [0.05, 0.1) is 0 Å². The van der Waals surface area contributed by atoms with Gasteiger partial charge in [0.15, 0.2) is 0 Å². The fraction of sp³-hybridized carbons (Fsp3) is 0.625. The van der Waals surface area contributed by atoms with Gasteiger partial charge in [0.1, 0.15) is 5.82 Å². The maximum absolute atomic E-state index is 13.9. The van der Waals surface area contributed by atoms with Crippen LogP contribution in [0.2, 0.25) is 0 Å². The molecule has 0 radical (unpaired) electrons. The van der Waals surface area contributed by atoms with Gasteiger partial charge in [-0.3, -0.25) is 0 Å². The average Bonchev–Trinajstić information content (AvgIpc) is 2.31. The summed E-state index contributed by atoms with van der Waals surface area (Å²) in [6.07, 6.45) is 4.88. The molecule has 0 saturated heterocycles. The number of nitrogens with one attached hydrogen (secondary N) is 1. The number of hydrogen-bond donors (Lipinski definition) is 1. The summed E-state index contributed by atoms with van der Waals surface area (Å²) in [5.74, 6) is -0.134. The third kappa shape index (κ3) is 4.03. The van der Waals surface area contributed by atoms with Gasteiger partial charge < -0.3 is 5.32 Å². The molecule has 1 saturated carbocycles. The molecule has 2 rings (SSSR count). The van der Waals surface area contributed by atoms with E-state index in [0.717, 1.165) is 10.0 Å². The van der Waals surface area contributed by atoms with E-state index in [0.29, 0.717) is 11.5 Å². The van der Waals surface area contributed by atoms with E-state index in [2.05, 4.69) is 35.1 Å². The molecule has 106 valence electrons. The highest BCUT2D eigenvalue weighted by Crippen LogP contribution is 2.35. The second kappa shape index (κ2) is 5.92. The van der Waals surface area contributed by atoms with Crippen molar-refractivity contribution < 1.29 is 4.39 Å². The topological polar surface area (TPSA) is 12.0 Å². The first-order valence-electron chi connectivity index (χ1n) is 7.08. The number of rotatable bonds is 3. The normalized spacial score (nSPS) is 21.3. The lowest BCUT2D eigenvalue weighted by Gasteiger charge is -2.36. The smallest absolute Gasteiger partial charge is 0.129 e. The Labute approximate surface area is 124 Å². The third-order valence-corrected chi connectivity index (χ3v) is 4.75. The zero-order chi connectivity index (χ0) is 14.0. The van der Waals surface area contributed by atoms with Gasteiger partial charge in [-0.25, -0.2) is 4.39 Å². The Kier molecular flexibility index (Phi) is 4.67. The molecule has 1 unspecified atom stereocenters. The van der Waals surface area contributed by atoms with Crippen molar-refractivity contribution in [3.8, 4) is 0 Å². The lowest BCUT2D eigenvalue weighted by Crippen LogP contribution is -2.37. The zero-order valence-corrected chi connectivity index (χ0v) is 13.6. The molecule has 0 heterocycles. The maximum Gasteiger partial charge on any atom is 0.129 e. The molecule has 1 fully saturated rings. The second-order valence-corrected chi connectivity index (χ2v) is 7.41. The van der Waals surface area contributed by atoms with Crippen molar-refractivity contribution in [1.82, 2.24) is 5.32 Å². The van der Waals surface area contributed by atoms with Crippen LogP contribution in [-0.2, 0) is 0 Å². The van der Waals surface area contributed by atoms with E-state index in [9.17, 15) is 4.39 Å². The van der Waals surface area contributed by atoms with Crippen molar-refractivity contribution in [2.24, 2.45) is 5.41 Å². The summed E-state index contributed by atoms with van der Waals surface area (Å²) in [5, 5.41) is 3.58. The van der Waals surface area contributed by atoms with Gasteiger partial charge >= 0.3 is 0 Å². The van der Waals surface area contributed by atoms with Gasteiger partial charge in [0, 0.05) is 22.1 Å². The van der Waals surface area contributed by atoms with Gasteiger partial charge in [-0.15, -0.1) is 0 Å². The summed E-state index contributed by atoms with van der Waals surface area (Å²) in [6, 6.07) is 5.90. The molecule has 0 aliphatic heterocycles.